The Balaban J connectivity index is 2.00. The summed E-state index contributed by atoms with van der Waals surface area (Å²) in [5.41, 5.74) is 1.37. The Morgan fingerprint density at radius 2 is 2.11 bits per heavy atom. The molecule has 1 aliphatic rings. The van der Waals surface area contributed by atoms with Gasteiger partial charge in [-0.15, -0.1) is 11.3 Å². The lowest BCUT2D eigenvalue weighted by molar-refractivity contribution is 0.308. The largest absolute Gasteiger partial charge is 0.309 e. The van der Waals surface area contributed by atoms with Gasteiger partial charge in [-0.3, -0.25) is 0 Å². The minimum Gasteiger partial charge on any atom is -0.309 e. The molecular weight excluding hydrogens is 254 g/mol. The van der Waals surface area contributed by atoms with Crippen molar-refractivity contribution in [3.05, 3.63) is 15.6 Å². The van der Waals surface area contributed by atoms with Crippen LogP contribution >= 0.6 is 11.3 Å². The zero-order valence-corrected chi connectivity index (χ0v) is 13.4. The van der Waals surface area contributed by atoms with E-state index in [0.717, 1.165) is 32.6 Å². The summed E-state index contributed by atoms with van der Waals surface area (Å²) in [6, 6.07) is 0.563. The van der Waals surface area contributed by atoms with Gasteiger partial charge in [0.15, 0.2) is 0 Å². The number of aryl methyl sites for hydroxylation is 1. The Labute approximate surface area is 121 Å². The summed E-state index contributed by atoms with van der Waals surface area (Å²) in [5, 5.41) is 4.94. The van der Waals surface area contributed by atoms with Gasteiger partial charge in [0.1, 0.15) is 0 Å². The van der Waals surface area contributed by atoms with Crippen molar-refractivity contribution in [2.45, 2.75) is 52.5 Å². The molecule has 1 aromatic heterocycles. The number of hydrogen-bond donors (Lipinski definition) is 1. The highest BCUT2D eigenvalue weighted by atomic mass is 32.1. The molecule has 0 fully saturated rings. The molecule has 1 aliphatic carbocycles. The second-order valence-electron chi connectivity index (χ2n) is 5.20. The molecule has 0 saturated carbocycles. The number of nitrogens with one attached hydrogen (secondary N) is 1. The fourth-order valence-corrected chi connectivity index (χ4v) is 4.02. The number of hydrogen-bond acceptors (Lipinski definition) is 4. The van der Waals surface area contributed by atoms with Crippen LogP contribution in [0.1, 0.15) is 55.2 Å². The molecule has 0 radical (unpaired) electrons. The molecule has 0 bridgehead atoms. The van der Waals surface area contributed by atoms with E-state index in [1.165, 1.54) is 34.8 Å². The van der Waals surface area contributed by atoms with Gasteiger partial charge in [0.05, 0.1) is 10.7 Å². The molecule has 1 atom stereocenters. The lowest BCUT2D eigenvalue weighted by Gasteiger charge is -2.21. The van der Waals surface area contributed by atoms with Crippen molar-refractivity contribution in [2.24, 2.45) is 0 Å². The van der Waals surface area contributed by atoms with Crippen LogP contribution in [-0.2, 0) is 12.8 Å². The topological polar surface area (TPSA) is 28.2 Å². The predicted octanol–water partition coefficient (Wildman–Crippen LogP) is 3.01. The van der Waals surface area contributed by atoms with E-state index in [4.69, 9.17) is 4.98 Å². The smallest absolute Gasteiger partial charge is 0.0944 e. The van der Waals surface area contributed by atoms with E-state index in [0.29, 0.717) is 6.04 Å². The van der Waals surface area contributed by atoms with E-state index >= 15 is 0 Å². The summed E-state index contributed by atoms with van der Waals surface area (Å²) in [4.78, 5) is 8.87. The molecule has 1 aromatic rings. The fourth-order valence-electron chi connectivity index (χ4n) is 2.81. The summed E-state index contributed by atoms with van der Waals surface area (Å²) >= 11 is 1.95. The summed E-state index contributed by atoms with van der Waals surface area (Å²) < 4.78 is 0. The van der Waals surface area contributed by atoms with E-state index in [-0.39, 0.29) is 0 Å². The number of aromatic nitrogens is 1. The van der Waals surface area contributed by atoms with Gasteiger partial charge in [-0.25, -0.2) is 4.98 Å². The monoisotopic (exact) mass is 281 g/mol. The maximum absolute atomic E-state index is 4.88. The standard InChI is InChI=1S/C15H27N3S/c1-4-16-12-8-7-9-13-15(12)19-14(17-13)10-11-18(5-2)6-3/h12,16H,4-11H2,1-3H3. The van der Waals surface area contributed by atoms with Gasteiger partial charge in [0.25, 0.3) is 0 Å². The maximum atomic E-state index is 4.88. The van der Waals surface area contributed by atoms with Gasteiger partial charge in [-0.2, -0.15) is 0 Å². The minimum absolute atomic E-state index is 0.563. The van der Waals surface area contributed by atoms with Crippen molar-refractivity contribution >= 4 is 11.3 Å². The molecule has 4 heteroatoms. The molecule has 1 N–H and O–H groups in total. The van der Waals surface area contributed by atoms with Gasteiger partial charge in [0.2, 0.25) is 0 Å². The molecule has 1 unspecified atom stereocenters. The Hall–Kier alpha value is -0.450. The highest BCUT2D eigenvalue weighted by Gasteiger charge is 2.23. The molecule has 0 amide bonds. The van der Waals surface area contributed by atoms with Crippen molar-refractivity contribution in [3.63, 3.8) is 0 Å². The molecule has 19 heavy (non-hydrogen) atoms. The highest BCUT2D eigenvalue weighted by Crippen LogP contribution is 2.34. The Morgan fingerprint density at radius 1 is 1.32 bits per heavy atom. The third-order valence-electron chi connectivity index (χ3n) is 3.98. The van der Waals surface area contributed by atoms with Crippen LogP contribution in [0.3, 0.4) is 0 Å². The molecular formula is C15H27N3S. The third-order valence-corrected chi connectivity index (χ3v) is 5.25. The first-order valence-corrected chi connectivity index (χ1v) is 8.54. The third kappa shape index (κ3) is 3.77. The van der Waals surface area contributed by atoms with Crippen LogP contribution in [-0.4, -0.2) is 36.1 Å². The van der Waals surface area contributed by atoms with Gasteiger partial charge in [-0.1, -0.05) is 20.8 Å². The molecule has 1 heterocycles. The Kier molecular flexibility index (Phi) is 5.79. The van der Waals surface area contributed by atoms with Crippen LogP contribution in [0.25, 0.3) is 0 Å². The second-order valence-corrected chi connectivity index (χ2v) is 6.31. The average Bonchev–Trinajstić information content (AvgIpc) is 2.84. The zero-order chi connectivity index (χ0) is 13.7. The van der Waals surface area contributed by atoms with Crippen molar-refractivity contribution in [3.8, 4) is 0 Å². The Morgan fingerprint density at radius 3 is 2.79 bits per heavy atom. The summed E-state index contributed by atoms with van der Waals surface area (Å²) in [5.74, 6) is 0. The van der Waals surface area contributed by atoms with Crippen molar-refractivity contribution < 1.29 is 0 Å². The molecule has 0 spiro atoms. The number of likely N-dealkylation sites (N-methyl/N-ethyl adjacent to an activating group) is 1. The van der Waals surface area contributed by atoms with Gasteiger partial charge >= 0.3 is 0 Å². The molecule has 3 nitrogen and oxygen atoms in total. The predicted molar refractivity (Wildman–Crippen MR) is 83.0 cm³/mol. The number of nitrogens with zero attached hydrogens (tertiary/aromatic N) is 2. The van der Waals surface area contributed by atoms with Crippen molar-refractivity contribution in [1.29, 1.82) is 0 Å². The van der Waals surface area contributed by atoms with Crippen LogP contribution < -0.4 is 5.32 Å². The van der Waals surface area contributed by atoms with Crippen molar-refractivity contribution in [1.82, 2.24) is 15.2 Å². The van der Waals surface area contributed by atoms with E-state index < -0.39 is 0 Å². The van der Waals surface area contributed by atoms with Crippen LogP contribution in [0.5, 0.6) is 0 Å². The minimum atomic E-state index is 0.563. The first kappa shape index (κ1) is 14.9. The second kappa shape index (κ2) is 7.36. The number of thiazole rings is 1. The van der Waals surface area contributed by atoms with Crippen LogP contribution in [0.4, 0.5) is 0 Å². The Bertz CT molecular complexity index is 385. The van der Waals surface area contributed by atoms with Crippen LogP contribution in [0, 0.1) is 0 Å². The molecule has 108 valence electrons. The first-order valence-electron chi connectivity index (χ1n) is 7.72. The SMILES string of the molecule is CCNC1CCCc2nc(CCN(CC)CC)sc21. The molecule has 2 rings (SSSR count). The lowest BCUT2D eigenvalue weighted by Crippen LogP contribution is -2.25. The van der Waals surface area contributed by atoms with E-state index in [1.54, 1.807) is 0 Å². The van der Waals surface area contributed by atoms with Crippen LogP contribution in [0.15, 0.2) is 0 Å². The summed E-state index contributed by atoms with van der Waals surface area (Å²) in [7, 11) is 0. The van der Waals surface area contributed by atoms with Gasteiger partial charge in [-0.05, 0) is 38.9 Å². The maximum Gasteiger partial charge on any atom is 0.0944 e. The highest BCUT2D eigenvalue weighted by molar-refractivity contribution is 7.11. The van der Waals surface area contributed by atoms with Crippen LogP contribution in [0.2, 0.25) is 0 Å². The van der Waals surface area contributed by atoms with E-state index in [9.17, 15) is 0 Å². The average molecular weight is 281 g/mol. The number of fused-ring (bicyclic) bond motifs is 1. The fraction of sp³-hybridized carbons (Fsp3) is 0.800. The van der Waals surface area contributed by atoms with E-state index in [1.807, 2.05) is 11.3 Å². The quantitative estimate of drug-likeness (QED) is 0.833. The van der Waals surface area contributed by atoms with E-state index in [2.05, 4.69) is 31.0 Å². The number of rotatable bonds is 7. The summed E-state index contributed by atoms with van der Waals surface area (Å²) in [6.45, 7) is 11.1. The molecule has 0 aromatic carbocycles. The molecule has 0 aliphatic heterocycles. The van der Waals surface area contributed by atoms with Crippen molar-refractivity contribution in [2.75, 3.05) is 26.2 Å². The first-order chi connectivity index (χ1) is 9.28. The molecule has 0 saturated heterocycles. The zero-order valence-electron chi connectivity index (χ0n) is 12.5. The van der Waals surface area contributed by atoms with Gasteiger partial charge in [0, 0.05) is 23.9 Å². The summed E-state index contributed by atoms with van der Waals surface area (Å²) in [6.07, 6.45) is 4.85. The normalized spacial score (nSPS) is 18.8. The van der Waals surface area contributed by atoms with Gasteiger partial charge < -0.3 is 10.2 Å². The lowest BCUT2D eigenvalue weighted by atomic mass is 9.98.